The van der Waals surface area contributed by atoms with Crippen LogP contribution in [0.2, 0.25) is 0 Å². The van der Waals surface area contributed by atoms with E-state index in [1.165, 1.54) is 76.5 Å². The first-order chi connectivity index (χ1) is 23.3. The molecule has 0 bridgehead atoms. The van der Waals surface area contributed by atoms with Crippen molar-refractivity contribution in [3.63, 3.8) is 0 Å². The van der Waals surface area contributed by atoms with Gasteiger partial charge in [0.15, 0.2) is 0 Å². The third-order valence-electron chi connectivity index (χ3n) is 9.82. The molecule has 0 amide bonds. The Morgan fingerprint density at radius 3 is 1.64 bits per heavy atom. The molecule has 10 rings (SSSR count). The van der Waals surface area contributed by atoms with Crippen LogP contribution >= 0.6 is 0 Å². The first-order valence-electron chi connectivity index (χ1n) is 16.2. The molecule has 0 saturated heterocycles. The molecule has 0 radical (unpaired) electrons. The quantitative estimate of drug-likeness (QED) is 0.185. The number of hydrogen-bond donors (Lipinski definition) is 0. The lowest BCUT2D eigenvalue weighted by molar-refractivity contribution is 0.669. The summed E-state index contributed by atoms with van der Waals surface area (Å²) in [6, 6.07) is 61.5. The van der Waals surface area contributed by atoms with E-state index in [1.807, 2.05) is 0 Å². The van der Waals surface area contributed by atoms with Gasteiger partial charge in [-0.2, -0.15) is 0 Å². The van der Waals surface area contributed by atoms with E-state index < -0.39 is 0 Å². The molecule has 0 aliphatic carbocycles. The maximum absolute atomic E-state index is 6.52. The molecule has 10 aromatic rings. The SMILES string of the molecule is c1ccc(-c2cccc3cc(-c4c5ccccc5c(-c5cccc6oc7cc8ccccc8cc7c56)c5ccccc45)ccc23)cc1. The summed E-state index contributed by atoms with van der Waals surface area (Å²) in [6.45, 7) is 0. The maximum Gasteiger partial charge on any atom is 0.136 e. The van der Waals surface area contributed by atoms with Crippen LogP contribution in [0, 0.1) is 0 Å². The van der Waals surface area contributed by atoms with E-state index in [0.717, 1.165) is 21.9 Å². The lowest BCUT2D eigenvalue weighted by Gasteiger charge is -2.19. The van der Waals surface area contributed by atoms with Gasteiger partial charge >= 0.3 is 0 Å². The maximum atomic E-state index is 6.52. The van der Waals surface area contributed by atoms with Crippen molar-refractivity contribution in [1.82, 2.24) is 0 Å². The molecule has 0 aliphatic rings. The molecule has 0 aliphatic heterocycles. The van der Waals surface area contributed by atoms with Gasteiger partial charge in [-0.15, -0.1) is 0 Å². The highest BCUT2D eigenvalue weighted by Gasteiger charge is 2.20. The largest absolute Gasteiger partial charge is 0.456 e. The molecule has 1 aromatic heterocycles. The summed E-state index contributed by atoms with van der Waals surface area (Å²) < 4.78 is 6.52. The molecule has 1 heteroatoms. The van der Waals surface area contributed by atoms with Crippen LogP contribution in [0.1, 0.15) is 0 Å². The van der Waals surface area contributed by atoms with Crippen LogP contribution in [-0.2, 0) is 0 Å². The van der Waals surface area contributed by atoms with E-state index in [-0.39, 0.29) is 0 Å². The zero-order chi connectivity index (χ0) is 30.9. The predicted octanol–water partition coefficient (Wildman–Crippen LogP) is 13.2. The number of furan rings is 1. The summed E-state index contributed by atoms with van der Waals surface area (Å²) in [6.07, 6.45) is 0. The summed E-state index contributed by atoms with van der Waals surface area (Å²) in [5, 5.41) is 12.2. The van der Waals surface area contributed by atoms with Gasteiger partial charge in [0.25, 0.3) is 0 Å². The van der Waals surface area contributed by atoms with E-state index in [2.05, 4.69) is 170 Å². The molecule has 0 atom stereocenters. The Balaban J connectivity index is 1.27. The lowest BCUT2D eigenvalue weighted by atomic mass is 9.84. The highest BCUT2D eigenvalue weighted by Crippen LogP contribution is 2.47. The first kappa shape index (κ1) is 26.1. The Morgan fingerprint density at radius 1 is 0.298 bits per heavy atom. The monoisotopic (exact) mass is 596 g/mol. The van der Waals surface area contributed by atoms with Gasteiger partial charge in [-0.25, -0.2) is 0 Å². The Bertz CT molecular complexity index is 2780. The molecule has 47 heavy (non-hydrogen) atoms. The molecule has 0 unspecified atom stereocenters. The molecule has 1 nitrogen and oxygen atoms in total. The van der Waals surface area contributed by atoms with E-state index in [9.17, 15) is 0 Å². The number of rotatable bonds is 3. The van der Waals surface area contributed by atoms with E-state index in [1.54, 1.807) is 0 Å². The van der Waals surface area contributed by atoms with Gasteiger partial charge in [0.05, 0.1) is 0 Å². The smallest absolute Gasteiger partial charge is 0.136 e. The lowest BCUT2D eigenvalue weighted by Crippen LogP contribution is -1.91. The molecule has 0 fully saturated rings. The van der Waals surface area contributed by atoms with Crippen molar-refractivity contribution in [2.45, 2.75) is 0 Å². The second-order valence-electron chi connectivity index (χ2n) is 12.4. The third-order valence-corrected chi connectivity index (χ3v) is 9.82. The second-order valence-corrected chi connectivity index (χ2v) is 12.4. The van der Waals surface area contributed by atoms with E-state index in [4.69, 9.17) is 4.42 Å². The number of fused-ring (bicyclic) bond motifs is 7. The fourth-order valence-corrected chi connectivity index (χ4v) is 7.76. The Kier molecular flexibility index (Phi) is 5.64. The highest BCUT2D eigenvalue weighted by atomic mass is 16.3. The average Bonchev–Trinajstić information content (AvgIpc) is 3.50. The van der Waals surface area contributed by atoms with Gasteiger partial charge in [-0.05, 0) is 101 Å². The average molecular weight is 597 g/mol. The third kappa shape index (κ3) is 3.97. The summed E-state index contributed by atoms with van der Waals surface area (Å²) in [5.74, 6) is 0. The van der Waals surface area contributed by atoms with Crippen molar-refractivity contribution in [2.75, 3.05) is 0 Å². The van der Waals surface area contributed by atoms with Crippen molar-refractivity contribution in [3.8, 4) is 33.4 Å². The van der Waals surface area contributed by atoms with Gasteiger partial charge in [0, 0.05) is 10.8 Å². The Labute approximate surface area is 271 Å². The van der Waals surface area contributed by atoms with Crippen LogP contribution in [-0.4, -0.2) is 0 Å². The molecule has 0 spiro atoms. The molecule has 9 aromatic carbocycles. The van der Waals surface area contributed by atoms with Crippen LogP contribution in [0.3, 0.4) is 0 Å². The summed E-state index contributed by atoms with van der Waals surface area (Å²) >= 11 is 0. The van der Waals surface area contributed by atoms with Crippen LogP contribution in [0.4, 0.5) is 0 Å². The molecule has 0 N–H and O–H groups in total. The standard InChI is InChI=1S/C46H28O/c1-2-12-29(13-3-1)34-21-10-16-32-26-33(24-25-35(32)34)44-36-17-6-8-19-38(36)45(39-20-9-7-18-37(39)44)40-22-11-23-42-46(40)41-27-30-14-4-5-15-31(30)28-43(41)47-42/h1-28H. The van der Waals surface area contributed by atoms with E-state index >= 15 is 0 Å². The molecular formula is C46H28O. The van der Waals surface area contributed by atoms with Gasteiger partial charge in [0.1, 0.15) is 11.2 Å². The van der Waals surface area contributed by atoms with Crippen LogP contribution in [0.15, 0.2) is 174 Å². The highest BCUT2D eigenvalue weighted by molar-refractivity contribution is 6.26. The summed E-state index contributed by atoms with van der Waals surface area (Å²) in [7, 11) is 0. The number of benzene rings is 9. The normalized spacial score (nSPS) is 11.8. The van der Waals surface area contributed by atoms with Crippen LogP contribution in [0.25, 0.3) is 98.4 Å². The Hall–Kier alpha value is -6.18. The van der Waals surface area contributed by atoms with Gasteiger partial charge in [0.2, 0.25) is 0 Å². The van der Waals surface area contributed by atoms with Crippen molar-refractivity contribution in [2.24, 2.45) is 0 Å². The first-order valence-corrected chi connectivity index (χ1v) is 16.2. The fraction of sp³-hybridized carbons (Fsp3) is 0. The van der Waals surface area contributed by atoms with Crippen molar-refractivity contribution < 1.29 is 4.42 Å². The van der Waals surface area contributed by atoms with Crippen LogP contribution in [0.5, 0.6) is 0 Å². The predicted molar refractivity (Wildman–Crippen MR) is 200 cm³/mol. The van der Waals surface area contributed by atoms with E-state index in [0.29, 0.717) is 0 Å². The molecular weight excluding hydrogens is 569 g/mol. The van der Waals surface area contributed by atoms with Crippen molar-refractivity contribution in [1.29, 1.82) is 0 Å². The van der Waals surface area contributed by atoms with Crippen LogP contribution < -0.4 is 0 Å². The zero-order valence-electron chi connectivity index (χ0n) is 25.6. The molecule has 0 saturated carbocycles. The minimum atomic E-state index is 0.911. The summed E-state index contributed by atoms with van der Waals surface area (Å²) in [5.41, 5.74) is 9.25. The van der Waals surface area contributed by atoms with Gasteiger partial charge in [-0.3, -0.25) is 0 Å². The van der Waals surface area contributed by atoms with Crippen molar-refractivity contribution in [3.05, 3.63) is 170 Å². The zero-order valence-corrected chi connectivity index (χ0v) is 25.6. The minimum Gasteiger partial charge on any atom is -0.456 e. The second kappa shape index (κ2) is 10.2. The summed E-state index contributed by atoms with van der Waals surface area (Å²) in [4.78, 5) is 0. The fourth-order valence-electron chi connectivity index (χ4n) is 7.76. The van der Waals surface area contributed by atoms with Crippen molar-refractivity contribution >= 4 is 65.0 Å². The molecule has 218 valence electrons. The molecule has 1 heterocycles. The van der Waals surface area contributed by atoms with Gasteiger partial charge in [-0.1, -0.05) is 146 Å². The Morgan fingerprint density at radius 2 is 0.894 bits per heavy atom. The topological polar surface area (TPSA) is 13.1 Å². The number of hydrogen-bond acceptors (Lipinski definition) is 1. The minimum absolute atomic E-state index is 0.911. The van der Waals surface area contributed by atoms with Gasteiger partial charge < -0.3 is 4.42 Å².